The number of hydrogen-bond acceptors (Lipinski definition) is 6. The van der Waals surface area contributed by atoms with E-state index in [0.29, 0.717) is 16.4 Å². The summed E-state index contributed by atoms with van der Waals surface area (Å²) >= 11 is 5.81. The van der Waals surface area contributed by atoms with Gasteiger partial charge < -0.3 is 10.2 Å². The molecular formula is C12H11ClN4O3. The summed E-state index contributed by atoms with van der Waals surface area (Å²) in [5, 5.41) is 11.3. The van der Waals surface area contributed by atoms with Crippen molar-refractivity contribution in [3.05, 3.63) is 57.2 Å². The van der Waals surface area contributed by atoms with Crippen LogP contribution >= 0.6 is 11.6 Å². The molecule has 20 heavy (non-hydrogen) atoms. The van der Waals surface area contributed by atoms with Crippen LogP contribution in [0.1, 0.15) is 5.56 Å². The average Bonchev–Trinajstić information content (AvgIpc) is 2.45. The van der Waals surface area contributed by atoms with E-state index in [4.69, 9.17) is 22.2 Å². The number of nitro benzene ring substituents is 1. The van der Waals surface area contributed by atoms with Crippen molar-refractivity contribution in [2.75, 3.05) is 5.43 Å². The minimum absolute atomic E-state index is 0.0779. The van der Waals surface area contributed by atoms with Crippen molar-refractivity contribution in [3.8, 4) is 5.75 Å². The number of pyridine rings is 1. The molecule has 0 unspecified atom stereocenters. The number of hydrogen-bond donors (Lipinski definition) is 2. The number of nitrogens with one attached hydrogen (secondary N) is 1. The van der Waals surface area contributed by atoms with Gasteiger partial charge in [-0.2, -0.15) is 0 Å². The van der Waals surface area contributed by atoms with Crippen LogP contribution in [-0.2, 0) is 6.61 Å². The summed E-state index contributed by atoms with van der Waals surface area (Å²) in [5.74, 6) is 5.86. The molecular weight excluding hydrogens is 284 g/mol. The Labute approximate surface area is 119 Å². The summed E-state index contributed by atoms with van der Waals surface area (Å²) in [6, 6.07) is 7.59. The number of anilines is 1. The maximum absolute atomic E-state index is 10.9. The van der Waals surface area contributed by atoms with E-state index >= 15 is 0 Å². The van der Waals surface area contributed by atoms with Crippen LogP contribution in [0.15, 0.2) is 36.5 Å². The van der Waals surface area contributed by atoms with Gasteiger partial charge >= 0.3 is 5.69 Å². The van der Waals surface area contributed by atoms with Gasteiger partial charge in [0, 0.05) is 28.9 Å². The second-order valence-corrected chi connectivity index (χ2v) is 4.25. The number of nitrogens with zero attached hydrogens (tertiary/aromatic N) is 2. The van der Waals surface area contributed by atoms with Gasteiger partial charge in [-0.05, 0) is 12.1 Å². The quantitative estimate of drug-likeness (QED) is 0.499. The lowest BCUT2D eigenvalue weighted by Crippen LogP contribution is -2.12. The number of nitrogens with two attached hydrogens (primary N) is 1. The van der Waals surface area contributed by atoms with Crippen LogP contribution in [0.25, 0.3) is 0 Å². The lowest BCUT2D eigenvalue weighted by Gasteiger charge is -2.10. The Morgan fingerprint density at radius 2 is 2.25 bits per heavy atom. The van der Waals surface area contributed by atoms with Gasteiger partial charge in [0.1, 0.15) is 12.4 Å². The van der Waals surface area contributed by atoms with Crippen LogP contribution in [0.4, 0.5) is 11.5 Å². The molecule has 0 bridgehead atoms. The highest BCUT2D eigenvalue weighted by molar-refractivity contribution is 6.30. The highest BCUT2D eigenvalue weighted by atomic mass is 35.5. The Balaban J connectivity index is 2.22. The fourth-order valence-electron chi connectivity index (χ4n) is 1.59. The highest BCUT2D eigenvalue weighted by Crippen LogP contribution is 2.30. The molecule has 0 aliphatic carbocycles. The van der Waals surface area contributed by atoms with Crippen molar-refractivity contribution in [2.45, 2.75) is 6.61 Å². The molecule has 0 atom stereocenters. The third-order valence-corrected chi connectivity index (χ3v) is 2.76. The van der Waals surface area contributed by atoms with Crippen molar-refractivity contribution < 1.29 is 9.66 Å². The van der Waals surface area contributed by atoms with Crippen LogP contribution in [0.2, 0.25) is 5.02 Å². The van der Waals surface area contributed by atoms with Crippen LogP contribution in [0.5, 0.6) is 5.75 Å². The molecule has 0 saturated carbocycles. The van der Waals surface area contributed by atoms with Crippen LogP contribution in [-0.4, -0.2) is 9.91 Å². The van der Waals surface area contributed by atoms with E-state index in [1.807, 2.05) is 0 Å². The summed E-state index contributed by atoms with van der Waals surface area (Å²) in [5.41, 5.74) is 2.95. The molecule has 0 radical (unpaired) electrons. The Morgan fingerprint density at radius 3 is 2.95 bits per heavy atom. The molecule has 2 rings (SSSR count). The molecule has 0 fully saturated rings. The Bertz CT molecular complexity index is 636. The molecule has 2 aromatic rings. The van der Waals surface area contributed by atoms with Crippen molar-refractivity contribution in [2.24, 2.45) is 5.84 Å². The first kappa shape index (κ1) is 14.0. The highest BCUT2D eigenvalue weighted by Gasteiger charge is 2.16. The molecule has 104 valence electrons. The van der Waals surface area contributed by atoms with E-state index in [9.17, 15) is 10.1 Å². The lowest BCUT2D eigenvalue weighted by molar-refractivity contribution is -0.385. The molecule has 0 amide bonds. The van der Waals surface area contributed by atoms with Crippen molar-refractivity contribution >= 4 is 23.1 Å². The zero-order chi connectivity index (χ0) is 14.5. The first-order valence-electron chi connectivity index (χ1n) is 5.59. The third-order valence-electron chi connectivity index (χ3n) is 2.53. The number of nitro groups is 1. The maximum atomic E-state index is 10.9. The number of nitrogen functional groups attached to an aromatic ring is 1. The molecule has 7 nitrogen and oxygen atoms in total. The predicted octanol–water partition coefficient (Wildman–Crippen LogP) is 2.51. The fourth-order valence-corrected chi connectivity index (χ4v) is 1.76. The Kier molecular flexibility index (Phi) is 4.34. The van der Waals surface area contributed by atoms with Crippen LogP contribution < -0.4 is 16.0 Å². The molecule has 0 aliphatic rings. The number of halogens is 1. The molecule has 8 heteroatoms. The van der Waals surface area contributed by atoms with E-state index < -0.39 is 4.92 Å². The first-order valence-corrected chi connectivity index (χ1v) is 5.97. The average molecular weight is 295 g/mol. The fraction of sp³-hybridized carbons (Fsp3) is 0.0833. The van der Waals surface area contributed by atoms with Gasteiger partial charge in [0.2, 0.25) is 0 Å². The first-order chi connectivity index (χ1) is 9.61. The zero-order valence-electron chi connectivity index (χ0n) is 10.2. The number of benzene rings is 1. The van der Waals surface area contributed by atoms with E-state index in [-0.39, 0.29) is 18.0 Å². The van der Waals surface area contributed by atoms with Gasteiger partial charge in [0.15, 0.2) is 5.75 Å². The summed E-state index contributed by atoms with van der Waals surface area (Å²) in [4.78, 5) is 14.4. The lowest BCUT2D eigenvalue weighted by atomic mass is 10.2. The van der Waals surface area contributed by atoms with Crippen molar-refractivity contribution in [1.82, 2.24) is 4.98 Å². The standard InChI is InChI=1S/C12H11ClN4O3/c13-9-3-4-10(17(18)19)11(6-9)20-7-8-2-1-5-15-12(8)16-14/h1-6H,7,14H2,(H,15,16). The molecule has 1 heterocycles. The summed E-state index contributed by atoms with van der Waals surface area (Å²) in [7, 11) is 0. The number of hydrazine groups is 1. The largest absolute Gasteiger partial charge is 0.482 e. The van der Waals surface area contributed by atoms with Gasteiger partial charge in [-0.25, -0.2) is 10.8 Å². The van der Waals surface area contributed by atoms with Gasteiger partial charge in [-0.1, -0.05) is 17.7 Å². The second-order valence-electron chi connectivity index (χ2n) is 3.81. The van der Waals surface area contributed by atoms with E-state index in [1.54, 1.807) is 18.3 Å². The minimum Gasteiger partial charge on any atom is -0.482 e. The SMILES string of the molecule is NNc1ncccc1COc1cc(Cl)ccc1[N+](=O)[O-]. The number of ether oxygens (including phenoxy) is 1. The molecule has 3 N–H and O–H groups in total. The van der Waals surface area contributed by atoms with Crippen LogP contribution in [0.3, 0.4) is 0 Å². The van der Waals surface area contributed by atoms with Gasteiger partial charge in [0.25, 0.3) is 0 Å². The van der Waals surface area contributed by atoms with E-state index in [1.165, 1.54) is 18.2 Å². The maximum Gasteiger partial charge on any atom is 0.311 e. The number of rotatable bonds is 5. The van der Waals surface area contributed by atoms with Gasteiger partial charge in [-0.15, -0.1) is 0 Å². The second kappa shape index (κ2) is 6.18. The third kappa shape index (κ3) is 3.14. The summed E-state index contributed by atoms with van der Waals surface area (Å²) < 4.78 is 5.45. The number of aromatic nitrogens is 1. The topological polar surface area (TPSA) is 103 Å². The molecule has 1 aromatic heterocycles. The van der Waals surface area contributed by atoms with E-state index in [2.05, 4.69) is 10.4 Å². The molecule has 1 aromatic carbocycles. The summed E-state index contributed by atoms with van der Waals surface area (Å²) in [6.45, 7) is 0.0779. The normalized spacial score (nSPS) is 10.1. The molecule has 0 aliphatic heterocycles. The zero-order valence-corrected chi connectivity index (χ0v) is 11.0. The monoisotopic (exact) mass is 294 g/mol. The predicted molar refractivity (Wildman–Crippen MR) is 74.5 cm³/mol. The molecule has 0 spiro atoms. The Morgan fingerprint density at radius 1 is 1.45 bits per heavy atom. The van der Waals surface area contributed by atoms with Gasteiger partial charge in [-0.3, -0.25) is 10.1 Å². The Hall–Kier alpha value is -2.38. The minimum atomic E-state index is -0.531. The van der Waals surface area contributed by atoms with Gasteiger partial charge in [0.05, 0.1) is 4.92 Å². The van der Waals surface area contributed by atoms with E-state index in [0.717, 1.165) is 0 Å². The summed E-state index contributed by atoms with van der Waals surface area (Å²) in [6.07, 6.45) is 1.57. The smallest absolute Gasteiger partial charge is 0.311 e. The van der Waals surface area contributed by atoms with Crippen molar-refractivity contribution in [1.29, 1.82) is 0 Å². The van der Waals surface area contributed by atoms with Crippen LogP contribution in [0, 0.1) is 10.1 Å². The molecule has 0 saturated heterocycles. The van der Waals surface area contributed by atoms with Crippen molar-refractivity contribution in [3.63, 3.8) is 0 Å².